The van der Waals surface area contributed by atoms with Crippen LogP contribution < -0.4 is 0 Å². The van der Waals surface area contributed by atoms with Crippen LogP contribution in [0.5, 0.6) is 0 Å². The number of nitrogens with zero attached hydrogens (tertiary/aromatic N) is 3. The van der Waals surface area contributed by atoms with E-state index in [-0.39, 0.29) is 5.97 Å². The van der Waals surface area contributed by atoms with E-state index in [1.807, 2.05) is 70.2 Å². The van der Waals surface area contributed by atoms with Gasteiger partial charge in [-0.1, -0.05) is 6.07 Å². The zero-order valence-corrected chi connectivity index (χ0v) is 18.8. The molecular weight excluding hydrogens is 400 g/mol. The first-order valence-electron chi connectivity index (χ1n) is 10.3. The van der Waals surface area contributed by atoms with Gasteiger partial charge in [-0.05, 0) is 86.9 Å². The Kier molecular flexibility index (Phi) is 5.41. The summed E-state index contributed by atoms with van der Waals surface area (Å²) in [5.74, 6) is 0.195. The van der Waals surface area contributed by atoms with Crippen LogP contribution in [0.3, 0.4) is 0 Å². The summed E-state index contributed by atoms with van der Waals surface area (Å²) < 4.78 is 6.95. The van der Waals surface area contributed by atoms with Crippen molar-refractivity contribution in [3.63, 3.8) is 0 Å². The van der Waals surface area contributed by atoms with Crippen LogP contribution in [-0.4, -0.2) is 27.6 Å². The van der Waals surface area contributed by atoms with Crippen molar-refractivity contribution < 1.29 is 9.53 Å². The van der Waals surface area contributed by atoms with Gasteiger partial charge in [-0.3, -0.25) is 0 Å². The molecule has 1 N–H and O–H groups in total. The lowest BCUT2D eigenvalue weighted by atomic mass is 10.1. The number of nitriles is 1. The summed E-state index contributed by atoms with van der Waals surface area (Å²) in [6.07, 6.45) is 1.86. The predicted molar refractivity (Wildman–Crippen MR) is 126 cm³/mol. The number of carbonyl (C=O) groups is 1. The molecule has 0 saturated heterocycles. The zero-order valence-electron chi connectivity index (χ0n) is 18.8. The summed E-state index contributed by atoms with van der Waals surface area (Å²) in [5.41, 5.74) is 8.76. The summed E-state index contributed by atoms with van der Waals surface area (Å²) in [4.78, 5) is 19.7. The lowest BCUT2D eigenvalue weighted by molar-refractivity contribution is 0.0600. The van der Waals surface area contributed by atoms with Gasteiger partial charge in [-0.2, -0.15) is 5.26 Å². The van der Waals surface area contributed by atoms with Crippen molar-refractivity contribution in [2.75, 3.05) is 7.11 Å². The van der Waals surface area contributed by atoms with Crippen LogP contribution in [0.2, 0.25) is 0 Å². The maximum absolute atomic E-state index is 11.8. The second-order valence-corrected chi connectivity index (χ2v) is 7.93. The summed E-state index contributed by atoms with van der Waals surface area (Å²) in [6, 6.07) is 15.8. The number of esters is 1. The summed E-state index contributed by atoms with van der Waals surface area (Å²) >= 11 is 0. The number of carbonyl (C=O) groups excluding carboxylic acids is 1. The van der Waals surface area contributed by atoms with E-state index in [9.17, 15) is 10.1 Å². The van der Waals surface area contributed by atoms with Gasteiger partial charge < -0.3 is 14.3 Å². The summed E-state index contributed by atoms with van der Waals surface area (Å²) in [6.45, 7) is 8.03. The third-order valence-electron chi connectivity index (χ3n) is 5.64. The molecule has 160 valence electrons. The van der Waals surface area contributed by atoms with Crippen molar-refractivity contribution in [2.45, 2.75) is 27.7 Å². The number of aromatic nitrogens is 3. The number of methoxy groups -OCH3 is 1. The number of hydrogen-bond acceptors (Lipinski definition) is 4. The van der Waals surface area contributed by atoms with Crippen molar-refractivity contribution >= 4 is 28.7 Å². The topological polar surface area (TPSA) is 83.7 Å². The summed E-state index contributed by atoms with van der Waals surface area (Å²) in [5, 5.41) is 9.83. The van der Waals surface area contributed by atoms with Gasteiger partial charge in [0.1, 0.15) is 11.9 Å². The largest absolute Gasteiger partial charge is 0.465 e. The maximum atomic E-state index is 11.8. The molecule has 32 heavy (non-hydrogen) atoms. The van der Waals surface area contributed by atoms with Crippen molar-refractivity contribution in [3.8, 4) is 11.8 Å². The van der Waals surface area contributed by atoms with E-state index in [0.29, 0.717) is 17.0 Å². The number of rotatable bonds is 4. The Hall–Kier alpha value is -4.11. The molecule has 2 aromatic carbocycles. The molecule has 2 heterocycles. The SMILES string of the molecule is COC(=O)c1ccc(-n2c(C)cc(/C=C(/C#N)c3nc4ccc(C)cc4[nH]3)c2C)c(C)c1. The molecule has 4 rings (SSSR count). The van der Waals surface area contributed by atoms with Crippen molar-refractivity contribution in [2.24, 2.45) is 0 Å². The Labute approximate surface area is 186 Å². The zero-order chi connectivity index (χ0) is 23.0. The van der Waals surface area contributed by atoms with Gasteiger partial charge in [-0.15, -0.1) is 0 Å². The number of aromatic amines is 1. The molecule has 0 aliphatic carbocycles. The highest BCUT2D eigenvalue weighted by Gasteiger charge is 2.15. The van der Waals surface area contributed by atoms with Crippen LogP contribution in [0, 0.1) is 39.0 Å². The van der Waals surface area contributed by atoms with Crippen LogP contribution in [0.15, 0.2) is 42.5 Å². The number of benzene rings is 2. The molecule has 0 bridgehead atoms. The van der Waals surface area contributed by atoms with E-state index in [2.05, 4.69) is 20.6 Å². The fourth-order valence-corrected chi connectivity index (χ4v) is 4.02. The number of hydrogen-bond donors (Lipinski definition) is 1. The minimum absolute atomic E-state index is 0.357. The molecular formula is C26H24N4O2. The minimum Gasteiger partial charge on any atom is -0.465 e. The Bertz CT molecular complexity index is 1430. The Morgan fingerprint density at radius 1 is 1.12 bits per heavy atom. The van der Waals surface area contributed by atoms with Crippen molar-refractivity contribution in [1.29, 1.82) is 5.26 Å². The molecule has 0 spiro atoms. The standard InChI is InChI=1S/C26H24N4O2/c1-15-6-8-22-23(10-15)29-25(28-22)21(14-27)13-20-12-17(3)30(18(20)4)24-9-7-19(11-16(24)2)26(31)32-5/h6-13H,1-5H3,(H,28,29)/b21-13-. The Morgan fingerprint density at radius 2 is 1.91 bits per heavy atom. The lowest BCUT2D eigenvalue weighted by Crippen LogP contribution is -2.05. The highest BCUT2D eigenvalue weighted by atomic mass is 16.5. The highest BCUT2D eigenvalue weighted by Crippen LogP contribution is 2.27. The number of aryl methyl sites for hydroxylation is 3. The minimum atomic E-state index is -0.357. The average molecular weight is 425 g/mol. The monoisotopic (exact) mass is 424 g/mol. The smallest absolute Gasteiger partial charge is 0.337 e. The maximum Gasteiger partial charge on any atom is 0.337 e. The summed E-state index contributed by atoms with van der Waals surface area (Å²) in [7, 11) is 1.38. The quantitative estimate of drug-likeness (QED) is 0.349. The van der Waals surface area contributed by atoms with E-state index >= 15 is 0 Å². The first kappa shape index (κ1) is 21.1. The molecule has 0 amide bonds. The Balaban J connectivity index is 1.77. The molecule has 0 aliphatic heterocycles. The van der Waals surface area contributed by atoms with Gasteiger partial charge >= 0.3 is 5.97 Å². The predicted octanol–water partition coefficient (Wildman–Crippen LogP) is 5.44. The molecule has 0 unspecified atom stereocenters. The number of allylic oxidation sites excluding steroid dienone is 1. The second-order valence-electron chi connectivity index (χ2n) is 7.93. The molecule has 4 aromatic rings. The van der Waals surface area contributed by atoms with Crippen LogP contribution >= 0.6 is 0 Å². The van der Waals surface area contributed by atoms with Crippen LogP contribution in [0.1, 0.15) is 44.3 Å². The molecule has 2 aromatic heterocycles. The van der Waals surface area contributed by atoms with E-state index in [0.717, 1.165) is 44.8 Å². The second kappa shape index (κ2) is 8.20. The van der Waals surface area contributed by atoms with Gasteiger partial charge in [0.25, 0.3) is 0 Å². The number of H-pyrrole nitrogens is 1. The van der Waals surface area contributed by atoms with Crippen molar-refractivity contribution in [1.82, 2.24) is 14.5 Å². The van der Waals surface area contributed by atoms with E-state index < -0.39 is 0 Å². The van der Waals surface area contributed by atoms with Crippen LogP contribution in [0.25, 0.3) is 28.4 Å². The first-order valence-corrected chi connectivity index (χ1v) is 10.3. The van der Waals surface area contributed by atoms with Gasteiger partial charge in [0, 0.05) is 17.1 Å². The fourth-order valence-electron chi connectivity index (χ4n) is 4.02. The van der Waals surface area contributed by atoms with E-state index in [1.54, 1.807) is 6.07 Å². The van der Waals surface area contributed by atoms with Crippen LogP contribution in [-0.2, 0) is 4.74 Å². The molecule has 0 radical (unpaired) electrons. The molecule has 0 aliphatic rings. The molecule has 0 saturated carbocycles. The van der Waals surface area contributed by atoms with Crippen molar-refractivity contribution in [3.05, 3.63) is 81.9 Å². The van der Waals surface area contributed by atoms with Gasteiger partial charge in [0.15, 0.2) is 0 Å². The van der Waals surface area contributed by atoms with Gasteiger partial charge in [-0.25, -0.2) is 9.78 Å². The van der Waals surface area contributed by atoms with Gasteiger partial charge in [0.2, 0.25) is 0 Å². The average Bonchev–Trinajstić information content (AvgIpc) is 3.31. The van der Waals surface area contributed by atoms with Crippen LogP contribution in [0.4, 0.5) is 0 Å². The molecule has 6 heteroatoms. The third kappa shape index (κ3) is 3.69. The third-order valence-corrected chi connectivity index (χ3v) is 5.64. The Morgan fingerprint density at radius 3 is 2.59 bits per heavy atom. The molecule has 0 atom stereocenters. The number of fused-ring (bicyclic) bond motifs is 1. The number of imidazole rings is 1. The van der Waals surface area contributed by atoms with E-state index in [1.165, 1.54) is 7.11 Å². The molecule has 0 fully saturated rings. The normalized spacial score (nSPS) is 11.6. The molecule has 6 nitrogen and oxygen atoms in total. The fraction of sp³-hybridized carbons (Fsp3) is 0.192. The lowest BCUT2D eigenvalue weighted by Gasteiger charge is -2.14. The van der Waals surface area contributed by atoms with E-state index in [4.69, 9.17) is 4.74 Å². The first-order chi connectivity index (χ1) is 15.3. The van der Waals surface area contributed by atoms with Gasteiger partial charge in [0.05, 0.1) is 29.3 Å². The highest BCUT2D eigenvalue weighted by molar-refractivity contribution is 5.91. The number of nitrogens with one attached hydrogen (secondary N) is 1. The number of ether oxygens (including phenoxy) is 1.